The van der Waals surface area contributed by atoms with Crippen molar-refractivity contribution in [3.8, 4) is 5.75 Å². The Morgan fingerprint density at radius 1 is 1.18 bits per heavy atom. The number of benzene rings is 2. The number of anilines is 1. The van der Waals surface area contributed by atoms with Crippen LogP contribution in [0.2, 0.25) is 0 Å². The third-order valence-corrected chi connectivity index (χ3v) is 6.64. The van der Waals surface area contributed by atoms with E-state index >= 15 is 0 Å². The van der Waals surface area contributed by atoms with Gasteiger partial charge in [-0.15, -0.1) is 0 Å². The minimum absolute atomic E-state index is 0.151. The number of rotatable bonds is 6. The summed E-state index contributed by atoms with van der Waals surface area (Å²) < 4.78 is 11.3. The summed E-state index contributed by atoms with van der Waals surface area (Å²) in [5.74, 6) is 0.0807. The zero-order valence-electron chi connectivity index (χ0n) is 18.3. The Balaban J connectivity index is 1.54. The summed E-state index contributed by atoms with van der Waals surface area (Å²) in [7, 11) is 1.59. The van der Waals surface area contributed by atoms with Crippen molar-refractivity contribution in [1.82, 2.24) is 4.98 Å². The topological polar surface area (TPSA) is 111 Å². The van der Waals surface area contributed by atoms with Crippen molar-refractivity contribution in [1.29, 1.82) is 0 Å². The summed E-state index contributed by atoms with van der Waals surface area (Å²) in [5, 5.41) is 16.8. The first-order chi connectivity index (χ1) is 16.5. The lowest BCUT2D eigenvalue weighted by molar-refractivity contribution is -0.402. The van der Waals surface area contributed by atoms with Crippen LogP contribution in [0.3, 0.4) is 0 Å². The van der Waals surface area contributed by atoms with Crippen molar-refractivity contribution in [2.24, 2.45) is 5.10 Å². The molecule has 5 rings (SSSR count). The Morgan fingerprint density at radius 3 is 2.76 bits per heavy atom. The van der Waals surface area contributed by atoms with Crippen molar-refractivity contribution in [3.63, 3.8) is 0 Å². The summed E-state index contributed by atoms with van der Waals surface area (Å²) in [5.41, 5.74) is 3.65. The van der Waals surface area contributed by atoms with Gasteiger partial charge in [-0.2, -0.15) is 10.1 Å². The number of aromatic nitrogens is 1. The van der Waals surface area contributed by atoms with Gasteiger partial charge in [0.2, 0.25) is 5.13 Å². The summed E-state index contributed by atoms with van der Waals surface area (Å²) in [6.07, 6.45) is 5.49. The van der Waals surface area contributed by atoms with E-state index in [2.05, 4.69) is 10.1 Å². The maximum atomic E-state index is 13.6. The number of hydrogen-bond acceptors (Lipinski definition) is 8. The fourth-order valence-corrected chi connectivity index (χ4v) is 4.86. The van der Waals surface area contributed by atoms with Crippen molar-refractivity contribution < 1.29 is 18.9 Å². The van der Waals surface area contributed by atoms with Crippen molar-refractivity contribution in [2.45, 2.75) is 25.7 Å². The lowest BCUT2D eigenvalue weighted by atomic mass is 9.90. The predicted molar refractivity (Wildman–Crippen MR) is 129 cm³/mol. The van der Waals surface area contributed by atoms with Gasteiger partial charge in [0.05, 0.1) is 29.6 Å². The number of fused-ring (bicyclic) bond motifs is 2. The van der Waals surface area contributed by atoms with Gasteiger partial charge < -0.3 is 9.15 Å². The first-order valence-corrected chi connectivity index (χ1v) is 11.5. The standard InChI is InChI=1S/C24H20N4O5S/c1-32-18-8-10-20-21(13-18)34-24(26-20)27(25-14-19-9-11-22(33-19)28(30)31)23(29)17-7-6-15-4-2-3-5-16(15)12-17/h6-14H,2-5H2,1H3/b25-14+. The second kappa shape index (κ2) is 9.06. The molecule has 0 fully saturated rings. The van der Waals surface area contributed by atoms with E-state index in [1.54, 1.807) is 13.2 Å². The van der Waals surface area contributed by atoms with Crippen LogP contribution in [0.5, 0.6) is 5.75 Å². The van der Waals surface area contributed by atoms with E-state index < -0.39 is 10.8 Å². The maximum Gasteiger partial charge on any atom is 0.433 e. The number of methoxy groups -OCH3 is 1. The molecule has 4 aromatic rings. The number of nitrogens with zero attached hydrogens (tertiary/aromatic N) is 4. The number of thiazole rings is 1. The van der Waals surface area contributed by atoms with Crippen LogP contribution in [-0.4, -0.2) is 29.1 Å². The molecule has 0 unspecified atom stereocenters. The Bertz CT molecular complexity index is 1420. The molecule has 1 aliphatic rings. The summed E-state index contributed by atoms with van der Waals surface area (Å²) in [6.45, 7) is 0. The molecular weight excluding hydrogens is 456 g/mol. The molecule has 0 radical (unpaired) electrons. The highest BCUT2D eigenvalue weighted by Gasteiger charge is 2.23. The van der Waals surface area contributed by atoms with Crippen LogP contribution in [-0.2, 0) is 12.8 Å². The van der Waals surface area contributed by atoms with Crippen LogP contribution < -0.4 is 9.75 Å². The zero-order chi connectivity index (χ0) is 23.7. The van der Waals surface area contributed by atoms with Gasteiger partial charge in [-0.25, -0.2) is 4.98 Å². The molecule has 0 saturated carbocycles. The van der Waals surface area contributed by atoms with E-state index in [-0.39, 0.29) is 11.7 Å². The second-order valence-corrected chi connectivity index (χ2v) is 8.82. The monoisotopic (exact) mass is 476 g/mol. The van der Waals surface area contributed by atoms with E-state index in [0.29, 0.717) is 22.0 Å². The Hall–Kier alpha value is -4.05. The van der Waals surface area contributed by atoms with Crippen molar-refractivity contribution in [2.75, 3.05) is 12.1 Å². The van der Waals surface area contributed by atoms with Gasteiger partial charge in [0.1, 0.15) is 10.7 Å². The Morgan fingerprint density at radius 2 is 2.00 bits per heavy atom. The Kier molecular flexibility index (Phi) is 5.81. The fraction of sp³-hybridized carbons (Fsp3) is 0.208. The number of hydrogen-bond donors (Lipinski definition) is 0. The molecule has 10 heteroatoms. The molecule has 0 spiro atoms. The van der Waals surface area contributed by atoms with Crippen LogP contribution in [0.25, 0.3) is 10.2 Å². The minimum atomic E-state index is -0.631. The first-order valence-electron chi connectivity index (χ1n) is 10.7. The molecule has 34 heavy (non-hydrogen) atoms. The lowest BCUT2D eigenvalue weighted by Crippen LogP contribution is -2.26. The Labute approximate surface area is 198 Å². The molecular formula is C24H20N4O5S. The molecule has 172 valence electrons. The van der Waals surface area contributed by atoms with Gasteiger partial charge in [0, 0.05) is 5.56 Å². The number of carbonyl (C=O) groups excluding carboxylic acids is 1. The highest BCUT2D eigenvalue weighted by atomic mass is 32.1. The van der Waals surface area contributed by atoms with Crippen LogP contribution in [0.15, 0.2) is 58.0 Å². The average Bonchev–Trinajstić information content (AvgIpc) is 3.50. The van der Waals surface area contributed by atoms with Gasteiger partial charge in [0.25, 0.3) is 5.91 Å². The van der Waals surface area contributed by atoms with Crippen LogP contribution >= 0.6 is 11.3 Å². The average molecular weight is 477 g/mol. The quantitative estimate of drug-likeness (QED) is 0.210. The van der Waals surface area contributed by atoms with Crippen LogP contribution in [0.1, 0.15) is 40.1 Å². The molecule has 2 aromatic heterocycles. The highest BCUT2D eigenvalue weighted by molar-refractivity contribution is 7.22. The largest absolute Gasteiger partial charge is 0.497 e. The fourth-order valence-electron chi connectivity index (χ4n) is 3.91. The predicted octanol–water partition coefficient (Wildman–Crippen LogP) is 5.37. The van der Waals surface area contributed by atoms with Gasteiger partial charge in [-0.1, -0.05) is 17.4 Å². The number of carbonyl (C=O) groups is 1. The van der Waals surface area contributed by atoms with Gasteiger partial charge in [-0.05, 0) is 73.2 Å². The molecule has 0 N–H and O–H groups in total. The van der Waals surface area contributed by atoms with Gasteiger partial charge >= 0.3 is 5.88 Å². The summed E-state index contributed by atoms with van der Waals surface area (Å²) in [4.78, 5) is 28.5. The van der Waals surface area contributed by atoms with E-state index in [0.717, 1.165) is 30.4 Å². The number of furan rings is 1. The summed E-state index contributed by atoms with van der Waals surface area (Å²) >= 11 is 1.29. The molecule has 0 atom stereocenters. The zero-order valence-corrected chi connectivity index (χ0v) is 19.1. The number of aryl methyl sites for hydroxylation is 2. The van der Waals surface area contributed by atoms with Gasteiger partial charge in [0.15, 0.2) is 5.76 Å². The molecule has 2 aromatic carbocycles. The van der Waals surface area contributed by atoms with Crippen LogP contribution in [0.4, 0.5) is 11.0 Å². The molecule has 0 aliphatic heterocycles. The summed E-state index contributed by atoms with van der Waals surface area (Å²) in [6, 6.07) is 13.9. The number of nitro groups is 1. The second-order valence-electron chi connectivity index (χ2n) is 7.82. The van der Waals surface area contributed by atoms with E-state index in [4.69, 9.17) is 9.15 Å². The molecule has 9 nitrogen and oxygen atoms in total. The third-order valence-electron chi connectivity index (χ3n) is 5.65. The number of amides is 1. The molecule has 0 bridgehead atoms. The van der Waals surface area contributed by atoms with E-state index in [9.17, 15) is 14.9 Å². The molecule has 0 saturated heterocycles. The smallest absolute Gasteiger partial charge is 0.433 e. The number of ether oxygens (including phenoxy) is 1. The lowest BCUT2D eigenvalue weighted by Gasteiger charge is -2.18. The third kappa shape index (κ3) is 4.27. The normalized spacial score (nSPS) is 13.2. The first kappa shape index (κ1) is 21.8. The minimum Gasteiger partial charge on any atom is -0.497 e. The maximum absolute atomic E-state index is 13.6. The van der Waals surface area contributed by atoms with E-state index in [1.807, 2.05) is 30.3 Å². The van der Waals surface area contributed by atoms with Crippen molar-refractivity contribution in [3.05, 3.63) is 81.1 Å². The molecule has 1 amide bonds. The molecule has 2 heterocycles. The molecule has 1 aliphatic carbocycles. The SMILES string of the molecule is COc1ccc2nc(N(/N=C/c3ccc([N+](=O)[O-])o3)C(=O)c3ccc4c(c3)CCCC4)sc2c1. The van der Waals surface area contributed by atoms with Gasteiger partial charge in [-0.3, -0.25) is 14.9 Å². The van der Waals surface area contributed by atoms with E-state index in [1.165, 1.54) is 45.8 Å². The van der Waals surface area contributed by atoms with Crippen LogP contribution in [0, 0.1) is 10.1 Å². The highest BCUT2D eigenvalue weighted by Crippen LogP contribution is 2.33. The number of hydrazone groups is 1. The van der Waals surface area contributed by atoms with Crippen molar-refractivity contribution >= 4 is 44.7 Å².